The van der Waals surface area contributed by atoms with Gasteiger partial charge in [0.15, 0.2) is 0 Å². The number of rotatable bonds is 5. The molecule has 0 unspecified atom stereocenters. The second-order valence-corrected chi connectivity index (χ2v) is 7.56. The van der Waals surface area contributed by atoms with Crippen molar-refractivity contribution in [3.05, 3.63) is 71.8 Å². The summed E-state index contributed by atoms with van der Waals surface area (Å²) < 4.78 is 0. The number of benzene rings is 2. The van der Waals surface area contributed by atoms with Crippen LogP contribution >= 0.6 is 0 Å². The van der Waals surface area contributed by atoms with Gasteiger partial charge >= 0.3 is 0 Å². The molecule has 1 saturated heterocycles. The van der Waals surface area contributed by atoms with Crippen LogP contribution in [-0.2, 0) is 4.79 Å². The third kappa shape index (κ3) is 4.16. The quantitative estimate of drug-likeness (QED) is 0.880. The van der Waals surface area contributed by atoms with E-state index in [1.54, 1.807) is 0 Å². The third-order valence-electron chi connectivity index (χ3n) is 5.88. The molecule has 0 aromatic heterocycles. The molecule has 137 valence electrons. The fourth-order valence-electron chi connectivity index (χ4n) is 3.87. The standard InChI is InChI=1S/C23H28NO2/c1-18(20-9-5-3-6-10-20)17-22(25)24-15-13-23(26,14-16-24)19(2)21-11-7-4-8-12-21/h3,5-12,18-19,26H,13-17H2,1-2H3/t18-,19-/m1/s1. The van der Waals surface area contributed by atoms with Gasteiger partial charge in [0.2, 0.25) is 5.91 Å². The van der Waals surface area contributed by atoms with Crippen LogP contribution in [0.5, 0.6) is 0 Å². The van der Waals surface area contributed by atoms with Crippen molar-refractivity contribution in [1.82, 2.24) is 4.90 Å². The normalized spacial score (nSPS) is 19.0. The molecule has 26 heavy (non-hydrogen) atoms. The maximum atomic E-state index is 12.7. The molecule has 3 rings (SSSR count). The van der Waals surface area contributed by atoms with Gasteiger partial charge in [-0.15, -0.1) is 0 Å². The monoisotopic (exact) mass is 350 g/mol. The molecule has 1 N–H and O–H groups in total. The molecule has 2 atom stereocenters. The Kier molecular flexibility index (Phi) is 5.77. The van der Waals surface area contributed by atoms with E-state index in [0.717, 1.165) is 5.56 Å². The Balaban J connectivity index is 1.57. The molecule has 0 bridgehead atoms. The summed E-state index contributed by atoms with van der Waals surface area (Å²) in [5.74, 6) is 0.451. The van der Waals surface area contributed by atoms with Gasteiger partial charge in [0.05, 0.1) is 5.60 Å². The molecule has 2 aromatic carbocycles. The minimum absolute atomic E-state index is 0.0533. The highest BCUT2D eigenvalue weighted by Crippen LogP contribution is 2.36. The van der Waals surface area contributed by atoms with Crippen molar-refractivity contribution in [2.75, 3.05) is 13.1 Å². The minimum atomic E-state index is -0.747. The average Bonchev–Trinajstić information content (AvgIpc) is 2.69. The van der Waals surface area contributed by atoms with E-state index in [4.69, 9.17) is 0 Å². The smallest absolute Gasteiger partial charge is 0.223 e. The van der Waals surface area contributed by atoms with Crippen molar-refractivity contribution >= 4 is 5.91 Å². The third-order valence-corrected chi connectivity index (χ3v) is 5.88. The van der Waals surface area contributed by atoms with Crippen molar-refractivity contribution in [2.24, 2.45) is 0 Å². The van der Waals surface area contributed by atoms with Gasteiger partial charge in [0.25, 0.3) is 0 Å². The van der Waals surface area contributed by atoms with Gasteiger partial charge < -0.3 is 10.0 Å². The van der Waals surface area contributed by atoms with E-state index in [2.05, 4.69) is 32.0 Å². The first-order chi connectivity index (χ1) is 12.5. The molecular weight excluding hydrogens is 322 g/mol. The fraction of sp³-hybridized carbons (Fsp3) is 0.435. The van der Waals surface area contributed by atoms with Crippen molar-refractivity contribution < 1.29 is 9.90 Å². The molecule has 1 amide bonds. The lowest BCUT2D eigenvalue weighted by Gasteiger charge is -2.42. The van der Waals surface area contributed by atoms with Crippen LogP contribution in [0.25, 0.3) is 0 Å². The first-order valence-electron chi connectivity index (χ1n) is 9.51. The van der Waals surface area contributed by atoms with Gasteiger partial charge in [-0.25, -0.2) is 0 Å². The van der Waals surface area contributed by atoms with Crippen molar-refractivity contribution in [3.8, 4) is 0 Å². The van der Waals surface area contributed by atoms with Gasteiger partial charge in [0, 0.05) is 25.4 Å². The summed E-state index contributed by atoms with van der Waals surface area (Å²) in [6, 6.07) is 21.0. The fourth-order valence-corrected chi connectivity index (χ4v) is 3.87. The number of carbonyl (C=O) groups is 1. The molecule has 2 aromatic rings. The van der Waals surface area contributed by atoms with Crippen LogP contribution in [0.15, 0.2) is 54.6 Å². The Bertz CT molecular complexity index is 706. The first-order valence-corrected chi connectivity index (χ1v) is 9.51. The molecule has 1 aliphatic heterocycles. The zero-order valence-corrected chi connectivity index (χ0v) is 15.7. The number of nitrogens with zero attached hydrogens (tertiary/aromatic N) is 1. The zero-order valence-electron chi connectivity index (χ0n) is 15.7. The summed E-state index contributed by atoms with van der Waals surface area (Å²) in [5, 5.41) is 11.1. The average molecular weight is 350 g/mol. The second kappa shape index (κ2) is 8.05. The Labute approximate surface area is 156 Å². The lowest BCUT2D eigenvalue weighted by molar-refractivity contribution is -0.136. The van der Waals surface area contributed by atoms with Crippen molar-refractivity contribution in [1.29, 1.82) is 0 Å². The van der Waals surface area contributed by atoms with Gasteiger partial charge in [-0.1, -0.05) is 68.4 Å². The Morgan fingerprint density at radius 3 is 2.31 bits per heavy atom. The number of amides is 1. The molecule has 1 radical (unpaired) electrons. The number of carbonyl (C=O) groups excluding carboxylic acids is 1. The Hall–Kier alpha value is -2.13. The largest absolute Gasteiger partial charge is 0.389 e. The van der Waals surface area contributed by atoms with Gasteiger partial charge in [0.1, 0.15) is 0 Å². The summed E-state index contributed by atoms with van der Waals surface area (Å²) in [5.41, 5.74) is 1.58. The van der Waals surface area contributed by atoms with E-state index in [9.17, 15) is 9.90 Å². The van der Waals surface area contributed by atoms with Crippen LogP contribution in [0.2, 0.25) is 0 Å². The van der Waals surface area contributed by atoms with Crippen LogP contribution in [0.4, 0.5) is 0 Å². The topological polar surface area (TPSA) is 40.5 Å². The molecule has 3 nitrogen and oxygen atoms in total. The number of aliphatic hydroxyl groups is 1. The molecular formula is C23H28NO2. The van der Waals surface area contributed by atoms with Gasteiger partial charge in [-0.3, -0.25) is 4.79 Å². The Morgan fingerprint density at radius 1 is 1.08 bits per heavy atom. The maximum Gasteiger partial charge on any atom is 0.223 e. The first kappa shape index (κ1) is 18.7. The minimum Gasteiger partial charge on any atom is -0.389 e. The van der Waals surface area contributed by atoms with Crippen LogP contribution in [0, 0.1) is 6.07 Å². The molecule has 1 aliphatic rings. The summed E-state index contributed by atoms with van der Waals surface area (Å²) in [6.45, 7) is 5.42. The molecule has 1 heterocycles. The highest BCUT2D eigenvalue weighted by atomic mass is 16.3. The van der Waals surface area contributed by atoms with Crippen molar-refractivity contribution in [3.63, 3.8) is 0 Å². The molecule has 0 saturated carbocycles. The summed E-state index contributed by atoms with van der Waals surface area (Å²) in [6.07, 6.45) is 1.77. The van der Waals surface area contributed by atoms with Gasteiger partial charge in [-0.05, 0) is 36.0 Å². The van der Waals surface area contributed by atoms with E-state index in [1.807, 2.05) is 47.4 Å². The molecule has 1 fully saturated rings. The summed E-state index contributed by atoms with van der Waals surface area (Å²) >= 11 is 0. The number of likely N-dealkylation sites (tertiary alicyclic amines) is 1. The predicted octanol–water partition coefficient (Wildman–Crippen LogP) is 4.14. The summed E-state index contributed by atoms with van der Waals surface area (Å²) in [7, 11) is 0. The second-order valence-electron chi connectivity index (χ2n) is 7.56. The number of piperidine rings is 1. The van der Waals surface area contributed by atoms with Crippen molar-refractivity contribution in [2.45, 2.75) is 50.5 Å². The van der Waals surface area contributed by atoms with Crippen LogP contribution in [0.1, 0.15) is 56.1 Å². The highest BCUT2D eigenvalue weighted by molar-refractivity contribution is 5.77. The lowest BCUT2D eigenvalue weighted by Crippen LogP contribution is -2.49. The number of hydrogen-bond donors (Lipinski definition) is 1. The maximum absolute atomic E-state index is 12.7. The molecule has 0 spiro atoms. The van der Waals surface area contributed by atoms with E-state index >= 15 is 0 Å². The lowest BCUT2D eigenvalue weighted by atomic mass is 9.77. The molecule has 3 heteroatoms. The molecule has 0 aliphatic carbocycles. The van der Waals surface area contributed by atoms with Gasteiger partial charge in [-0.2, -0.15) is 0 Å². The number of hydrogen-bond acceptors (Lipinski definition) is 2. The van der Waals surface area contributed by atoms with E-state index < -0.39 is 5.60 Å². The highest BCUT2D eigenvalue weighted by Gasteiger charge is 2.39. The SMILES string of the molecule is C[C@H](CC(=O)N1CCC(O)([C@H](C)c2cc[c]cc2)CC1)c1ccccc1. The van der Waals surface area contributed by atoms with E-state index in [0.29, 0.717) is 32.4 Å². The van der Waals surface area contributed by atoms with E-state index in [1.165, 1.54) is 5.56 Å². The summed E-state index contributed by atoms with van der Waals surface area (Å²) in [4.78, 5) is 14.6. The van der Waals surface area contributed by atoms with Crippen LogP contribution in [0.3, 0.4) is 0 Å². The van der Waals surface area contributed by atoms with E-state index in [-0.39, 0.29) is 17.7 Å². The van der Waals surface area contributed by atoms with Crippen LogP contribution in [-0.4, -0.2) is 34.6 Å². The predicted molar refractivity (Wildman–Crippen MR) is 104 cm³/mol. The zero-order chi connectivity index (χ0) is 18.6. The van der Waals surface area contributed by atoms with Crippen LogP contribution < -0.4 is 0 Å². The Morgan fingerprint density at radius 2 is 1.69 bits per heavy atom.